The number of hydrogen-bond acceptors (Lipinski definition) is 6. The lowest BCUT2D eigenvalue weighted by Gasteiger charge is -2.27. The molecule has 7 nitrogen and oxygen atoms in total. The fraction of sp³-hybridized carbons (Fsp3) is 0.423. The summed E-state index contributed by atoms with van der Waals surface area (Å²) in [5.74, 6) is 2.05. The van der Waals surface area contributed by atoms with Crippen molar-refractivity contribution in [3.05, 3.63) is 70.7 Å². The van der Waals surface area contributed by atoms with Crippen LogP contribution >= 0.6 is 23.2 Å². The highest BCUT2D eigenvalue weighted by Crippen LogP contribution is 2.31. The number of ether oxygens (including phenoxy) is 3. The molecular weight excluding hydrogens is 489 g/mol. The minimum absolute atomic E-state index is 0.220. The van der Waals surface area contributed by atoms with Gasteiger partial charge in [-0.2, -0.15) is 0 Å². The number of aliphatic hydroxyl groups is 1. The Balaban J connectivity index is 1.29. The first kappa shape index (κ1) is 25.6. The molecule has 0 saturated carbocycles. The van der Waals surface area contributed by atoms with Crippen molar-refractivity contribution in [1.29, 1.82) is 0 Å². The SMILES string of the molecule is COc1cc(CN2CCCC(O)(COc3ccc(Cl)c(Cl)c3)CC2)ccc1OCCn1ccnc1. The largest absolute Gasteiger partial charge is 0.493 e. The molecule has 4 rings (SSSR count). The third-order valence-electron chi connectivity index (χ3n) is 6.21. The predicted molar refractivity (Wildman–Crippen MR) is 137 cm³/mol. The van der Waals surface area contributed by atoms with Crippen molar-refractivity contribution in [2.24, 2.45) is 0 Å². The Morgan fingerprint density at radius 2 is 1.91 bits per heavy atom. The number of likely N-dealkylation sites (tertiary alicyclic amines) is 1. The quantitative estimate of drug-likeness (QED) is 0.403. The molecule has 1 atom stereocenters. The lowest BCUT2D eigenvalue weighted by atomic mass is 9.96. The monoisotopic (exact) mass is 519 g/mol. The standard InChI is InChI=1S/C26H31Cl2N3O4/c1-33-25-15-20(3-6-24(25)34-14-13-31-12-9-29-19-31)17-30-10-2-7-26(32,8-11-30)18-35-21-4-5-22(27)23(28)16-21/h3-6,9,12,15-16,19,32H,2,7-8,10-11,13-14,17-18H2,1H3. The molecule has 1 aliphatic heterocycles. The van der Waals surface area contributed by atoms with Crippen LogP contribution in [0, 0.1) is 0 Å². The number of rotatable bonds is 10. The molecule has 0 aliphatic carbocycles. The van der Waals surface area contributed by atoms with Crippen LogP contribution in [0.3, 0.4) is 0 Å². The average Bonchev–Trinajstić information content (AvgIpc) is 3.30. The van der Waals surface area contributed by atoms with E-state index in [2.05, 4.69) is 16.0 Å². The number of halogens is 2. The molecule has 1 N–H and O–H groups in total. The Labute approximate surface area is 216 Å². The van der Waals surface area contributed by atoms with Crippen molar-refractivity contribution >= 4 is 23.2 Å². The first-order valence-electron chi connectivity index (χ1n) is 11.7. The van der Waals surface area contributed by atoms with Gasteiger partial charge in [-0.1, -0.05) is 29.3 Å². The third kappa shape index (κ3) is 7.27. The highest BCUT2D eigenvalue weighted by molar-refractivity contribution is 6.42. The van der Waals surface area contributed by atoms with E-state index in [4.69, 9.17) is 37.4 Å². The van der Waals surface area contributed by atoms with Gasteiger partial charge in [0.25, 0.3) is 0 Å². The summed E-state index contributed by atoms with van der Waals surface area (Å²) in [7, 11) is 1.65. The van der Waals surface area contributed by atoms with Crippen LogP contribution in [0.2, 0.25) is 10.0 Å². The Bertz CT molecular complexity index is 1100. The highest BCUT2D eigenvalue weighted by atomic mass is 35.5. The van der Waals surface area contributed by atoms with E-state index in [1.807, 2.05) is 22.9 Å². The lowest BCUT2D eigenvalue weighted by molar-refractivity contribution is -0.0168. The number of aromatic nitrogens is 2. The van der Waals surface area contributed by atoms with Crippen LogP contribution in [0.25, 0.3) is 0 Å². The predicted octanol–water partition coefficient (Wildman–Crippen LogP) is 5.07. The lowest BCUT2D eigenvalue weighted by Crippen LogP contribution is -2.37. The van der Waals surface area contributed by atoms with Gasteiger partial charge in [0.2, 0.25) is 0 Å². The fourth-order valence-electron chi connectivity index (χ4n) is 4.19. The van der Waals surface area contributed by atoms with Gasteiger partial charge in [0.05, 0.1) is 35.6 Å². The summed E-state index contributed by atoms with van der Waals surface area (Å²) in [6.07, 6.45) is 7.62. The zero-order chi connectivity index (χ0) is 24.7. The van der Waals surface area contributed by atoms with E-state index in [1.165, 1.54) is 0 Å². The van der Waals surface area contributed by atoms with Crippen LogP contribution in [0.1, 0.15) is 24.8 Å². The molecule has 0 spiro atoms. The Morgan fingerprint density at radius 3 is 2.69 bits per heavy atom. The second-order valence-corrected chi connectivity index (χ2v) is 9.67. The summed E-state index contributed by atoms with van der Waals surface area (Å²) in [4.78, 5) is 6.39. The van der Waals surface area contributed by atoms with Crippen molar-refractivity contribution in [2.45, 2.75) is 38.0 Å². The molecule has 35 heavy (non-hydrogen) atoms. The van der Waals surface area contributed by atoms with Crippen molar-refractivity contribution < 1.29 is 19.3 Å². The van der Waals surface area contributed by atoms with E-state index in [9.17, 15) is 5.11 Å². The van der Waals surface area contributed by atoms with Crippen LogP contribution in [0.4, 0.5) is 0 Å². The van der Waals surface area contributed by atoms with Gasteiger partial charge in [0.1, 0.15) is 19.0 Å². The number of benzene rings is 2. The fourth-order valence-corrected chi connectivity index (χ4v) is 4.48. The van der Waals surface area contributed by atoms with Crippen molar-refractivity contribution in [3.63, 3.8) is 0 Å². The van der Waals surface area contributed by atoms with Gasteiger partial charge in [-0.3, -0.25) is 4.90 Å². The zero-order valence-corrected chi connectivity index (χ0v) is 21.3. The van der Waals surface area contributed by atoms with Gasteiger partial charge in [0.15, 0.2) is 11.5 Å². The van der Waals surface area contributed by atoms with Gasteiger partial charge in [-0.15, -0.1) is 0 Å². The van der Waals surface area contributed by atoms with Crippen LogP contribution in [-0.2, 0) is 13.1 Å². The van der Waals surface area contributed by atoms with Gasteiger partial charge >= 0.3 is 0 Å². The molecule has 9 heteroatoms. The van der Waals surface area contributed by atoms with Gasteiger partial charge in [0, 0.05) is 31.5 Å². The molecule has 188 valence electrons. The van der Waals surface area contributed by atoms with E-state index in [0.717, 1.165) is 49.7 Å². The third-order valence-corrected chi connectivity index (χ3v) is 6.95. The maximum Gasteiger partial charge on any atom is 0.161 e. The minimum Gasteiger partial charge on any atom is -0.493 e. The normalized spacial score (nSPS) is 18.7. The molecule has 0 amide bonds. The van der Waals surface area contributed by atoms with E-state index in [1.54, 1.807) is 37.8 Å². The number of nitrogens with zero attached hydrogens (tertiary/aromatic N) is 3. The molecule has 0 radical (unpaired) electrons. The maximum absolute atomic E-state index is 11.1. The molecule has 1 aliphatic rings. The first-order valence-corrected chi connectivity index (χ1v) is 12.5. The smallest absolute Gasteiger partial charge is 0.161 e. The molecule has 1 fully saturated rings. The van der Waals surface area contributed by atoms with Crippen LogP contribution in [-0.4, -0.2) is 58.6 Å². The minimum atomic E-state index is -0.883. The van der Waals surface area contributed by atoms with E-state index >= 15 is 0 Å². The second kappa shape index (κ2) is 12.0. The van der Waals surface area contributed by atoms with Crippen LogP contribution in [0.5, 0.6) is 17.2 Å². The van der Waals surface area contributed by atoms with Crippen LogP contribution < -0.4 is 14.2 Å². The Morgan fingerprint density at radius 1 is 1.03 bits per heavy atom. The molecule has 3 aromatic rings. The molecule has 0 bridgehead atoms. The van der Waals surface area contributed by atoms with Crippen LogP contribution in [0.15, 0.2) is 55.1 Å². The molecule has 2 heterocycles. The van der Waals surface area contributed by atoms with Crippen molar-refractivity contribution in [1.82, 2.24) is 14.5 Å². The summed E-state index contributed by atoms with van der Waals surface area (Å²) in [5, 5.41) is 12.1. The second-order valence-electron chi connectivity index (χ2n) is 8.85. The van der Waals surface area contributed by atoms with E-state index in [-0.39, 0.29) is 6.61 Å². The molecule has 1 saturated heterocycles. The summed E-state index contributed by atoms with van der Waals surface area (Å²) >= 11 is 12.0. The number of imidazole rings is 1. The molecule has 1 unspecified atom stereocenters. The Kier molecular flexibility index (Phi) is 8.78. The van der Waals surface area contributed by atoms with Gasteiger partial charge < -0.3 is 23.9 Å². The van der Waals surface area contributed by atoms with Gasteiger partial charge in [-0.05, 0) is 55.6 Å². The molecule has 1 aromatic heterocycles. The average molecular weight is 520 g/mol. The topological polar surface area (TPSA) is 69.0 Å². The summed E-state index contributed by atoms with van der Waals surface area (Å²) in [6.45, 7) is 3.91. The van der Waals surface area contributed by atoms with Crippen molar-refractivity contribution in [2.75, 3.05) is 33.4 Å². The molecular formula is C26H31Cl2N3O4. The van der Waals surface area contributed by atoms with Crippen molar-refractivity contribution in [3.8, 4) is 17.2 Å². The van der Waals surface area contributed by atoms with E-state index < -0.39 is 5.60 Å². The summed E-state index contributed by atoms with van der Waals surface area (Å²) in [6, 6.07) is 11.2. The number of hydrogen-bond donors (Lipinski definition) is 1. The maximum atomic E-state index is 11.1. The highest BCUT2D eigenvalue weighted by Gasteiger charge is 2.31. The zero-order valence-electron chi connectivity index (χ0n) is 19.8. The summed E-state index contributed by atoms with van der Waals surface area (Å²) < 4.78 is 19.3. The Hall–Kier alpha value is -2.45. The van der Waals surface area contributed by atoms with Gasteiger partial charge in [-0.25, -0.2) is 4.98 Å². The van der Waals surface area contributed by atoms with E-state index in [0.29, 0.717) is 35.2 Å². The number of methoxy groups -OCH3 is 1. The summed E-state index contributed by atoms with van der Waals surface area (Å²) in [5.41, 5.74) is 0.257. The molecule has 2 aromatic carbocycles. The first-order chi connectivity index (χ1) is 16.9.